The van der Waals surface area contributed by atoms with Crippen LogP contribution < -0.4 is 10.6 Å². The van der Waals surface area contributed by atoms with Crippen LogP contribution in [-0.2, 0) is 0 Å². The van der Waals surface area contributed by atoms with Crippen molar-refractivity contribution in [3.63, 3.8) is 0 Å². The van der Waals surface area contributed by atoms with Crippen LogP contribution in [-0.4, -0.2) is 73.7 Å². The Balaban J connectivity index is 2.04. The van der Waals surface area contributed by atoms with E-state index in [4.69, 9.17) is 0 Å². The molecule has 2 N–H and O–H groups in total. The number of hydrogen-bond donors (Lipinski definition) is 2. The minimum absolute atomic E-state index is 0.655. The normalized spacial score (nSPS) is 31.9. The molecule has 0 saturated carbocycles. The van der Waals surface area contributed by atoms with Gasteiger partial charge in [-0.1, -0.05) is 0 Å². The Morgan fingerprint density at radius 2 is 1.58 bits per heavy atom. The number of piperazine rings is 1. The van der Waals surface area contributed by atoms with Crippen molar-refractivity contribution < 1.29 is 0 Å². The maximum atomic E-state index is 3.64. The van der Waals surface area contributed by atoms with Gasteiger partial charge in [-0.15, -0.1) is 0 Å². The molecule has 112 valence electrons. The van der Waals surface area contributed by atoms with E-state index < -0.39 is 0 Å². The molecule has 2 aliphatic heterocycles. The summed E-state index contributed by atoms with van der Waals surface area (Å²) in [6.07, 6.45) is 0. The standard InChI is InChI=1S/C15H32N4/c1-12(2)18-7-5-16-9-14(11-18)15-10-17-6-8-19(15)13(3)4/h12-17H,5-11H2,1-4H3. The largest absolute Gasteiger partial charge is 0.315 e. The zero-order chi connectivity index (χ0) is 13.8. The van der Waals surface area contributed by atoms with E-state index in [1.54, 1.807) is 0 Å². The van der Waals surface area contributed by atoms with Crippen molar-refractivity contribution in [2.75, 3.05) is 45.8 Å². The third kappa shape index (κ3) is 3.91. The molecule has 0 aromatic heterocycles. The number of nitrogens with zero attached hydrogens (tertiary/aromatic N) is 2. The summed E-state index contributed by atoms with van der Waals surface area (Å²) in [6, 6.07) is 2.00. The third-order valence-corrected chi connectivity index (χ3v) is 4.72. The molecule has 0 bridgehead atoms. The van der Waals surface area contributed by atoms with Crippen LogP contribution in [0.1, 0.15) is 27.7 Å². The molecular formula is C15H32N4. The second-order valence-electron chi connectivity index (χ2n) is 6.66. The highest BCUT2D eigenvalue weighted by Gasteiger charge is 2.33. The van der Waals surface area contributed by atoms with Crippen LogP contribution in [0.15, 0.2) is 0 Å². The first-order valence-corrected chi connectivity index (χ1v) is 8.00. The molecule has 2 aliphatic rings. The number of nitrogens with one attached hydrogen (secondary N) is 2. The fourth-order valence-electron chi connectivity index (χ4n) is 3.51. The molecule has 2 atom stereocenters. The van der Waals surface area contributed by atoms with E-state index in [0.29, 0.717) is 18.1 Å². The van der Waals surface area contributed by atoms with E-state index in [-0.39, 0.29) is 0 Å². The summed E-state index contributed by atoms with van der Waals surface area (Å²) in [5.41, 5.74) is 0. The molecular weight excluding hydrogens is 236 g/mol. The zero-order valence-electron chi connectivity index (χ0n) is 13.2. The monoisotopic (exact) mass is 268 g/mol. The van der Waals surface area contributed by atoms with E-state index in [9.17, 15) is 0 Å². The van der Waals surface area contributed by atoms with Crippen molar-refractivity contribution in [2.45, 2.75) is 45.8 Å². The Morgan fingerprint density at radius 3 is 2.26 bits per heavy atom. The summed E-state index contributed by atoms with van der Waals surface area (Å²) in [5, 5.41) is 7.24. The highest BCUT2D eigenvalue weighted by atomic mass is 15.3. The van der Waals surface area contributed by atoms with Crippen LogP contribution in [0.4, 0.5) is 0 Å². The molecule has 2 saturated heterocycles. The van der Waals surface area contributed by atoms with E-state index in [1.165, 1.54) is 26.2 Å². The highest BCUT2D eigenvalue weighted by molar-refractivity contribution is 4.91. The minimum atomic E-state index is 0.655. The molecule has 0 radical (unpaired) electrons. The first-order chi connectivity index (χ1) is 9.09. The smallest absolute Gasteiger partial charge is 0.0276 e. The van der Waals surface area contributed by atoms with Crippen molar-refractivity contribution in [1.82, 2.24) is 20.4 Å². The van der Waals surface area contributed by atoms with Crippen molar-refractivity contribution in [3.05, 3.63) is 0 Å². The molecule has 2 fully saturated rings. The Kier molecular flexibility index (Phi) is 5.63. The fourth-order valence-corrected chi connectivity index (χ4v) is 3.51. The van der Waals surface area contributed by atoms with Gasteiger partial charge in [0.1, 0.15) is 0 Å². The predicted octanol–water partition coefficient (Wildman–Crippen LogP) is 0.598. The van der Waals surface area contributed by atoms with Gasteiger partial charge in [0, 0.05) is 69.9 Å². The van der Waals surface area contributed by atoms with E-state index >= 15 is 0 Å². The van der Waals surface area contributed by atoms with E-state index in [2.05, 4.69) is 48.1 Å². The van der Waals surface area contributed by atoms with Gasteiger partial charge in [0.15, 0.2) is 0 Å². The lowest BCUT2D eigenvalue weighted by atomic mass is 9.94. The van der Waals surface area contributed by atoms with Gasteiger partial charge in [-0.05, 0) is 27.7 Å². The Bertz CT molecular complexity index is 267. The average Bonchev–Trinajstić information content (AvgIpc) is 2.64. The SMILES string of the molecule is CC(C)N1CCNCC(C2CNCCN2C(C)C)C1. The van der Waals surface area contributed by atoms with Crippen molar-refractivity contribution >= 4 is 0 Å². The summed E-state index contributed by atoms with van der Waals surface area (Å²) in [5.74, 6) is 0.736. The van der Waals surface area contributed by atoms with Crippen molar-refractivity contribution in [1.29, 1.82) is 0 Å². The van der Waals surface area contributed by atoms with Gasteiger partial charge in [-0.3, -0.25) is 9.80 Å². The summed E-state index contributed by atoms with van der Waals surface area (Å²) in [4.78, 5) is 5.34. The molecule has 0 amide bonds. The van der Waals surface area contributed by atoms with Crippen LogP contribution >= 0.6 is 0 Å². The summed E-state index contributed by atoms with van der Waals surface area (Å²) < 4.78 is 0. The molecule has 0 aliphatic carbocycles. The molecule has 4 heteroatoms. The molecule has 0 aromatic carbocycles. The van der Waals surface area contributed by atoms with Gasteiger partial charge in [-0.2, -0.15) is 0 Å². The molecule has 2 heterocycles. The number of hydrogen-bond acceptors (Lipinski definition) is 4. The minimum Gasteiger partial charge on any atom is -0.315 e. The van der Waals surface area contributed by atoms with Gasteiger partial charge in [0.25, 0.3) is 0 Å². The fraction of sp³-hybridized carbons (Fsp3) is 1.00. The summed E-state index contributed by atoms with van der Waals surface area (Å²) >= 11 is 0. The maximum absolute atomic E-state index is 3.64. The molecule has 2 unspecified atom stereocenters. The second-order valence-corrected chi connectivity index (χ2v) is 6.66. The Hall–Kier alpha value is -0.160. The van der Waals surface area contributed by atoms with Gasteiger partial charge in [0.05, 0.1) is 0 Å². The van der Waals surface area contributed by atoms with Crippen LogP contribution in [0, 0.1) is 5.92 Å². The van der Waals surface area contributed by atoms with E-state index in [1.807, 2.05) is 0 Å². The lowest BCUT2D eigenvalue weighted by Crippen LogP contribution is -2.59. The van der Waals surface area contributed by atoms with Gasteiger partial charge >= 0.3 is 0 Å². The van der Waals surface area contributed by atoms with Crippen molar-refractivity contribution in [3.8, 4) is 0 Å². The maximum Gasteiger partial charge on any atom is 0.0276 e. The first kappa shape index (κ1) is 15.2. The topological polar surface area (TPSA) is 30.5 Å². The summed E-state index contributed by atoms with van der Waals surface area (Å²) in [6.45, 7) is 17.5. The van der Waals surface area contributed by atoms with Crippen LogP contribution in [0.3, 0.4) is 0 Å². The highest BCUT2D eigenvalue weighted by Crippen LogP contribution is 2.19. The van der Waals surface area contributed by atoms with Gasteiger partial charge in [0.2, 0.25) is 0 Å². The van der Waals surface area contributed by atoms with Gasteiger partial charge in [-0.25, -0.2) is 0 Å². The predicted molar refractivity (Wildman–Crippen MR) is 81.6 cm³/mol. The third-order valence-electron chi connectivity index (χ3n) is 4.72. The summed E-state index contributed by atoms with van der Waals surface area (Å²) in [7, 11) is 0. The lowest BCUT2D eigenvalue weighted by molar-refractivity contribution is 0.0650. The number of rotatable bonds is 3. The van der Waals surface area contributed by atoms with Crippen LogP contribution in [0.2, 0.25) is 0 Å². The zero-order valence-corrected chi connectivity index (χ0v) is 13.2. The quantitative estimate of drug-likeness (QED) is 0.785. The van der Waals surface area contributed by atoms with Crippen molar-refractivity contribution in [2.24, 2.45) is 5.92 Å². The molecule has 4 nitrogen and oxygen atoms in total. The Morgan fingerprint density at radius 1 is 0.895 bits per heavy atom. The molecule has 0 spiro atoms. The van der Waals surface area contributed by atoms with E-state index in [0.717, 1.165) is 25.6 Å². The lowest BCUT2D eigenvalue weighted by Gasteiger charge is -2.44. The first-order valence-electron chi connectivity index (χ1n) is 8.00. The Labute approximate surface area is 118 Å². The molecule has 19 heavy (non-hydrogen) atoms. The molecule has 0 aromatic rings. The van der Waals surface area contributed by atoms with Crippen LogP contribution in [0.5, 0.6) is 0 Å². The van der Waals surface area contributed by atoms with Gasteiger partial charge < -0.3 is 10.6 Å². The second kappa shape index (κ2) is 7.02. The average molecular weight is 268 g/mol. The molecule has 2 rings (SSSR count). The van der Waals surface area contributed by atoms with Crippen LogP contribution in [0.25, 0.3) is 0 Å².